The molecule has 0 saturated carbocycles. The van der Waals surface area contributed by atoms with Crippen molar-refractivity contribution in [2.75, 3.05) is 12.3 Å². The Morgan fingerprint density at radius 2 is 1.52 bits per heavy atom. The predicted octanol–water partition coefficient (Wildman–Crippen LogP) is 4.04. The van der Waals surface area contributed by atoms with Crippen molar-refractivity contribution in [2.24, 2.45) is 4.99 Å². The highest BCUT2D eigenvalue weighted by atomic mass is 32.2. The largest absolute Gasteiger partial charge is 0.429 e. The van der Waals surface area contributed by atoms with Crippen molar-refractivity contribution >= 4 is 16.5 Å². The summed E-state index contributed by atoms with van der Waals surface area (Å²) in [4.78, 5) is 4.02. The summed E-state index contributed by atoms with van der Waals surface area (Å²) in [6.45, 7) is 0.0187. The van der Waals surface area contributed by atoms with Crippen molar-refractivity contribution in [3.8, 4) is 0 Å². The second-order valence-electron chi connectivity index (χ2n) is 4.86. The Balaban J connectivity index is 2.05. The van der Waals surface area contributed by atoms with Gasteiger partial charge in [0.25, 0.3) is 0 Å². The summed E-state index contributed by atoms with van der Waals surface area (Å²) < 4.78 is 51.2. The molecule has 0 saturated heterocycles. The summed E-state index contributed by atoms with van der Waals surface area (Å²) >= 11 is 0. The highest BCUT2D eigenvalue weighted by molar-refractivity contribution is 7.85. The van der Waals surface area contributed by atoms with E-state index in [2.05, 4.69) is 4.99 Å². The van der Waals surface area contributed by atoms with Crippen LogP contribution in [0.3, 0.4) is 0 Å². The number of hydrogen-bond acceptors (Lipinski definition) is 2. The second kappa shape index (κ2) is 8.06. The number of nitrogens with zero attached hydrogens (tertiary/aromatic N) is 1. The highest BCUT2D eigenvalue weighted by Gasteiger charge is 2.36. The molecule has 23 heavy (non-hydrogen) atoms. The molecule has 2 aromatic rings. The molecule has 0 N–H and O–H groups in total. The first-order valence-electron chi connectivity index (χ1n) is 7.04. The maximum atomic E-state index is 13.1. The number of hydrogen-bond donors (Lipinski definition) is 0. The average molecular weight is 339 g/mol. The first-order valence-corrected chi connectivity index (χ1v) is 8.36. The van der Waals surface area contributed by atoms with Crippen LogP contribution in [-0.4, -0.2) is 28.4 Å². The molecular weight excluding hydrogens is 323 g/mol. The topological polar surface area (TPSA) is 29.4 Å². The first-order chi connectivity index (χ1) is 11.0. The third kappa shape index (κ3) is 5.63. The normalized spacial score (nSPS) is 13.8. The van der Waals surface area contributed by atoms with Gasteiger partial charge in [0, 0.05) is 11.4 Å². The van der Waals surface area contributed by atoms with E-state index in [-0.39, 0.29) is 6.54 Å². The average Bonchev–Trinajstić information content (AvgIpc) is 2.54. The lowest BCUT2D eigenvalue weighted by molar-refractivity contribution is -0.0591. The molecule has 0 fully saturated rings. The van der Waals surface area contributed by atoms with Crippen LogP contribution in [0.2, 0.25) is 0 Å². The lowest BCUT2D eigenvalue weighted by Gasteiger charge is -2.11. The third-order valence-electron chi connectivity index (χ3n) is 3.15. The fourth-order valence-electron chi connectivity index (χ4n) is 1.96. The van der Waals surface area contributed by atoms with Crippen LogP contribution in [0, 0.1) is 0 Å². The first kappa shape index (κ1) is 17.4. The maximum absolute atomic E-state index is 13.1. The second-order valence-corrected chi connectivity index (χ2v) is 6.32. The number of rotatable bonds is 6. The molecule has 0 spiro atoms. The molecule has 0 amide bonds. The molecular formula is C17H16F3NOS. The molecule has 0 radical (unpaired) electrons. The van der Waals surface area contributed by atoms with E-state index in [4.69, 9.17) is 0 Å². The molecule has 0 aromatic heterocycles. The Hall–Kier alpha value is -1.95. The summed E-state index contributed by atoms with van der Waals surface area (Å²) in [5, 5.41) is 0. The zero-order valence-electron chi connectivity index (χ0n) is 12.3. The van der Waals surface area contributed by atoms with Gasteiger partial charge in [-0.15, -0.1) is 0 Å². The van der Waals surface area contributed by atoms with Crippen molar-refractivity contribution in [3.05, 3.63) is 66.2 Å². The minimum absolute atomic E-state index is 0.0187. The van der Waals surface area contributed by atoms with Gasteiger partial charge in [-0.2, -0.15) is 13.2 Å². The molecule has 0 bridgehead atoms. The highest BCUT2D eigenvalue weighted by Crippen LogP contribution is 2.20. The van der Waals surface area contributed by atoms with Crippen molar-refractivity contribution in [3.63, 3.8) is 0 Å². The monoisotopic (exact) mass is 339 g/mol. The van der Waals surface area contributed by atoms with E-state index in [0.29, 0.717) is 11.3 Å². The van der Waals surface area contributed by atoms with Gasteiger partial charge in [-0.05, 0) is 24.1 Å². The number of aliphatic imine (C=N–C) groups is 1. The van der Waals surface area contributed by atoms with Gasteiger partial charge in [0.2, 0.25) is 0 Å². The fraction of sp³-hybridized carbons (Fsp3) is 0.235. The zero-order valence-corrected chi connectivity index (χ0v) is 13.1. The van der Waals surface area contributed by atoms with Crippen LogP contribution in [0.1, 0.15) is 5.56 Å². The molecule has 6 heteroatoms. The molecule has 2 rings (SSSR count). The molecule has 1 atom stereocenters. The quantitative estimate of drug-likeness (QED) is 0.731. The van der Waals surface area contributed by atoms with Gasteiger partial charge in [0.05, 0.1) is 16.6 Å². The SMILES string of the molecule is O=S(CC(=NCCc1ccccc1)C(F)(F)F)c1ccccc1. The Bertz CT molecular complexity index is 669. The predicted molar refractivity (Wildman–Crippen MR) is 86.2 cm³/mol. The van der Waals surface area contributed by atoms with Gasteiger partial charge < -0.3 is 0 Å². The van der Waals surface area contributed by atoms with Crippen molar-refractivity contribution < 1.29 is 17.4 Å². The van der Waals surface area contributed by atoms with Crippen molar-refractivity contribution in [1.82, 2.24) is 0 Å². The fourth-order valence-corrected chi connectivity index (χ4v) is 3.09. The van der Waals surface area contributed by atoms with E-state index in [1.165, 1.54) is 0 Å². The number of halogens is 3. The van der Waals surface area contributed by atoms with Gasteiger partial charge in [-0.1, -0.05) is 48.5 Å². The summed E-state index contributed by atoms with van der Waals surface area (Å²) in [6.07, 6.45) is -4.15. The van der Waals surface area contributed by atoms with E-state index in [1.54, 1.807) is 30.3 Å². The molecule has 2 nitrogen and oxygen atoms in total. The van der Waals surface area contributed by atoms with E-state index >= 15 is 0 Å². The molecule has 0 aliphatic heterocycles. The standard InChI is InChI=1S/C17H16F3NOS/c18-17(19,20)16(13-23(22)15-9-5-2-6-10-15)21-12-11-14-7-3-1-4-8-14/h1-10H,11-13H2. The van der Waals surface area contributed by atoms with Crippen LogP contribution in [0.4, 0.5) is 13.2 Å². The van der Waals surface area contributed by atoms with Crippen LogP contribution < -0.4 is 0 Å². The molecule has 0 heterocycles. The van der Waals surface area contributed by atoms with Crippen molar-refractivity contribution in [1.29, 1.82) is 0 Å². The van der Waals surface area contributed by atoms with Crippen LogP contribution in [0.5, 0.6) is 0 Å². The lowest BCUT2D eigenvalue weighted by Crippen LogP contribution is -2.29. The van der Waals surface area contributed by atoms with Gasteiger partial charge >= 0.3 is 6.18 Å². The van der Waals surface area contributed by atoms with Gasteiger partial charge in [-0.25, -0.2) is 0 Å². The molecule has 0 aliphatic carbocycles. The molecule has 2 aromatic carbocycles. The van der Waals surface area contributed by atoms with Gasteiger partial charge in [0.15, 0.2) is 0 Å². The third-order valence-corrected chi connectivity index (χ3v) is 4.48. The smallest absolute Gasteiger partial charge is 0.284 e. The molecule has 0 aliphatic rings. The van der Waals surface area contributed by atoms with Crippen LogP contribution in [0.25, 0.3) is 0 Å². The number of benzene rings is 2. The molecule has 1 unspecified atom stereocenters. The van der Waals surface area contributed by atoms with E-state index in [1.807, 2.05) is 30.3 Å². The minimum Gasteiger partial charge on any atom is -0.284 e. The van der Waals surface area contributed by atoms with E-state index < -0.39 is 28.4 Å². The van der Waals surface area contributed by atoms with E-state index in [0.717, 1.165) is 5.56 Å². The Labute approximate surface area is 135 Å². The zero-order chi connectivity index (χ0) is 16.7. The lowest BCUT2D eigenvalue weighted by atomic mass is 10.1. The van der Waals surface area contributed by atoms with Crippen LogP contribution in [0.15, 0.2) is 70.6 Å². The Morgan fingerprint density at radius 3 is 2.09 bits per heavy atom. The summed E-state index contributed by atoms with van der Waals surface area (Å²) in [5.74, 6) is -0.623. The summed E-state index contributed by atoms with van der Waals surface area (Å²) in [7, 11) is -1.76. The summed E-state index contributed by atoms with van der Waals surface area (Å²) in [6, 6.07) is 17.3. The van der Waals surface area contributed by atoms with E-state index in [9.17, 15) is 17.4 Å². The Morgan fingerprint density at radius 1 is 0.957 bits per heavy atom. The minimum atomic E-state index is -4.57. The molecule has 122 valence electrons. The summed E-state index contributed by atoms with van der Waals surface area (Å²) in [5.41, 5.74) is -0.0578. The van der Waals surface area contributed by atoms with Crippen molar-refractivity contribution in [2.45, 2.75) is 17.5 Å². The Kier molecular flexibility index (Phi) is 6.10. The van der Waals surface area contributed by atoms with Crippen LogP contribution >= 0.6 is 0 Å². The van der Waals surface area contributed by atoms with Gasteiger partial charge in [-0.3, -0.25) is 9.20 Å². The van der Waals surface area contributed by atoms with Crippen LogP contribution in [-0.2, 0) is 17.2 Å². The van der Waals surface area contributed by atoms with Gasteiger partial charge in [0.1, 0.15) is 5.71 Å². The maximum Gasteiger partial charge on any atom is 0.429 e. The number of alkyl halides is 3.